The van der Waals surface area contributed by atoms with Crippen molar-refractivity contribution in [1.29, 1.82) is 0 Å². The molecule has 106 valence electrons. The van der Waals surface area contributed by atoms with Crippen LogP contribution in [0.5, 0.6) is 0 Å². The van der Waals surface area contributed by atoms with Gasteiger partial charge in [0.15, 0.2) is 0 Å². The number of carbonyl (C=O) groups excluding carboxylic acids is 1. The molecule has 1 aromatic heterocycles. The van der Waals surface area contributed by atoms with Gasteiger partial charge in [0.05, 0.1) is 11.0 Å². The number of aryl methyl sites for hydroxylation is 2. The van der Waals surface area contributed by atoms with Crippen LogP contribution in [0.1, 0.15) is 21.7 Å². The average Bonchev–Trinajstić information content (AvgIpc) is 2.84. The van der Waals surface area contributed by atoms with E-state index in [1.54, 1.807) is 11.9 Å². The number of fused-ring (bicyclic) bond motifs is 1. The van der Waals surface area contributed by atoms with Crippen molar-refractivity contribution >= 4 is 22.6 Å². The van der Waals surface area contributed by atoms with Crippen LogP contribution in [0.3, 0.4) is 0 Å². The zero-order valence-electron chi connectivity index (χ0n) is 12.3. The summed E-state index contributed by atoms with van der Waals surface area (Å²) in [4.78, 5) is 21.8. The van der Waals surface area contributed by atoms with Gasteiger partial charge in [0, 0.05) is 18.3 Å². The van der Waals surface area contributed by atoms with Crippen LogP contribution in [0.2, 0.25) is 0 Å². The molecule has 3 aromatic rings. The van der Waals surface area contributed by atoms with Gasteiger partial charge in [-0.25, -0.2) is 4.98 Å². The van der Waals surface area contributed by atoms with Crippen LogP contribution in [-0.4, -0.2) is 22.9 Å². The minimum absolute atomic E-state index is 0.0192. The first-order valence-corrected chi connectivity index (χ1v) is 6.86. The first-order valence-electron chi connectivity index (χ1n) is 6.86. The number of amides is 1. The number of nitrogens with zero attached hydrogens (tertiary/aromatic N) is 2. The Bertz CT molecular complexity index is 820. The summed E-state index contributed by atoms with van der Waals surface area (Å²) in [6.07, 6.45) is 0. The van der Waals surface area contributed by atoms with E-state index in [0.29, 0.717) is 5.56 Å². The van der Waals surface area contributed by atoms with Crippen LogP contribution in [-0.2, 0) is 0 Å². The number of aromatic nitrogens is 2. The zero-order valence-corrected chi connectivity index (χ0v) is 12.3. The van der Waals surface area contributed by atoms with Crippen molar-refractivity contribution in [3.63, 3.8) is 0 Å². The lowest BCUT2D eigenvalue weighted by Crippen LogP contribution is -2.26. The Morgan fingerprint density at radius 2 is 1.95 bits per heavy atom. The number of imidazole rings is 1. The van der Waals surface area contributed by atoms with Gasteiger partial charge >= 0.3 is 0 Å². The second-order valence-electron chi connectivity index (χ2n) is 5.26. The number of aromatic amines is 1. The average molecular weight is 279 g/mol. The number of nitrogens with one attached hydrogen (secondary N) is 1. The molecule has 3 rings (SSSR count). The summed E-state index contributed by atoms with van der Waals surface area (Å²) in [5.41, 5.74) is 4.46. The number of anilines is 1. The fourth-order valence-corrected chi connectivity index (χ4v) is 2.42. The molecule has 0 saturated heterocycles. The highest BCUT2D eigenvalue weighted by Gasteiger charge is 2.14. The summed E-state index contributed by atoms with van der Waals surface area (Å²) in [6.45, 7) is 3.90. The van der Waals surface area contributed by atoms with E-state index < -0.39 is 0 Å². The Balaban J connectivity index is 1.95. The standard InChI is InChI=1S/C17H17N3O/c1-11-5-4-6-13(9-11)17(21)20(3)14-7-8-15-16(10-14)19-12(2)18-15/h4-10H,1-3H3,(H,18,19). The van der Waals surface area contributed by atoms with Gasteiger partial charge in [-0.2, -0.15) is 0 Å². The summed E-state index contributed by atoms with van der Waals surface area (Å²) in [5, 5.41) is 0. The summed E-state index contributed by atoms with van der Waals surface area (Å²) < 4.78 is 0. The molecule has 1 N–H and O–H groups in total. The molecule has 0 aliphatic rings. The van der Waals surface area contributed by atoms with Crippen molar-refractivity contribution in [2.24, 2.45) is 0 Å². The van der Waals surface area contributed by atoms with Crippen LogP contribution in [0.25, 0.3) is 11.0 Å². The van der Waals surface area contributed by atoms with E-state index in [1.165, 1.54) is 0 Å². The molecule has 0 fully saturated rings. The van der Waals surface area contributed by atoms with Gasteiger partial charge < -0.3 is 9.88 Å². The third-order valence-corrected chi connectivity index (χ3v) is 3.54. The molecule has 4 heteroatoms. The predicted molar refractivity (Wildman–Crippen MR) is 84.7 cm³/mol. The maximum Gasteiger partial charge on any atom is 0.258 e. The van der Waals surface area contributed by atoms with E-state index in [4.69, 9.17) is 0 Å². The Morgan fingerprint density at radius 3 is 2.71 bits per heavy atom. The van der Waals surface area contributed by atoms with Gasteiger partial charge in [-0.05, 0) is 44.2 Å². The highest BCUT2D eigenvalue weighted by Crippen LogP contribution is 2.21. The Hall–Kier alpha value is -2.62. The fourth-order valence-electron chi connectivity index (χ4n) is 2.42. The lowest BCUT2D eigenvalue weighted by atomic mass is 10.1. The molecule has 0 aliphatic heterocycles. The number of hydrogen-bond acceptors (Lipinski definition) is 2. The highest BCUT2D eigenvalue weighted by atomic mass is 16.2. The first-order chi connectivity index (χ1) is 10.0. The van der Waals surface area contributed by atoms with Gasteiger partial charge in [0.1, 0.15) is 5.82 Å². The van der Waals surface area contributed by atoms with Crippen LogP contribution >= 0.6 is 0 Å². The second-order valence-corrected chi connectivity index (χ2v) is 5.26. The molecule has 0 spiro atoms. The molecule has 2 aromatic carbocycles. The quantitative estimate of drug-likeness (QED) is 0.781. The van der Waals surface area contributed by atoms with E-state index in [9.17, 15) is 4.79 Å². The van der Waals surface area contributed by atoms with Gasteiger partial charge in [-0.3, -0.25) is 4.79 Å². The van der Waals surface area contributed by atoms with Crippen molar-refractivity contribution in [2.75, 3.05) is 11.9 Å². The monoisotopic (exact) mass is 279 g/mol. The molecule has 1 heterocycles. The van der Waals surface area contributed by atoms with Crippen LogP contribution < -0.4 is 4.90 Å². The fraction of sp³-hybridized carbons (Fsp3) is 0.176. The Labute approximate surface area is 123 Å². The van der Waals surface area contributed by atoms with Gasteiger partial charge in [0.2, 0.25) is 0 Å². The summed E-state index contributed by atoms with van der Waals surface area (Å²) >= 11 is 0. The molecular formula is C17H17N3O. The number of rotatable bonds is 2. The summed E-state index contributed by atoms with van der Waals surface area (Å²) in [6, 6.07) is 13.4. The normalized spacial score (nSPS) is 10.8. The minimum Gasteiger partial charge on any atom is -0.342 e. The second kappa shape index (κ2) is 5.05. The van der Waals surface area contributed by atoms with Gasteiger partial charge in [0.25, 0.3) is 5.91 Å². The maximum absolute atomic E-state index is 12.5. The van der Waals surface area contributed by atoms with E-state index in [1.807, 2.05) is 56.3 Å². The minimum atomic E-state index is -0.0192. The van der Waals surface area contributed by atoms with E-state index in [2.05, 4.69) is 9.97 Å². The molecule has 4 nitrogen and oxygen atoms in total. The van der Waals surface area contributed by atoms with Gasteiger partial charge in [-0.1, -0.05) is 17.7 Å². The molecule has 1 amide bonds. The van der Waals surface area contributed by atoms with E-state index in [0.717, 1.165) is 28.1 Å². The molecule has 0 atom stereocenters. The number of H-pyrrole nitrogens is 1. The number of benzene rings is 2. The Kier molecular flexibility index (Phi) is 3.22. The van der Waals surface area contributed by atoms with Crippen molar-refractivity contribution in [1.82, 2.24) is 9.97 Å². The third-order valence-electron chi connectivity index (χ3n) is 3.54. The molecule has 0 unspecified atom stereocenters. The van der Waals surface area contributed by atoms with Crippen LogP contribution in [0.4, 0.5) is 5.69 Å². The van der Waals surface area contributed by atoms with E-state index >= 15 is 0 Å². The van der Waals surface area contributed by atoms with Gasteiger partial charge in [-0.15, -0.1) is 0 Å². The molecular weight excluding hydrogens is 262 g/mol. The van der Waals surface area contributed by atoms with Crippen LogP contribution in [0.15, 0.2) is 42.5 Å². The molecule has 0 saturated carbocycles. The lowest BCUT2D eigenvalue weighted by Gasteiger charge is -2.17. The third kappa shape index (κ3) is 2.52. The molecule has 0 bridgehead atoms. The highest BCUT2D eigenvalue weighted by molar-refractivity contribution is 6.06. The predicted octanol–water partition coefficient (Wildman–Crippen LogP) is 3.46. The lowest BCUT2D eigenvalue weighted by molar-refractivity contribution is 0.0993. The molecule has 0 radical (unpaired) electrons. The number of carbonyl (C=O) groups is 1. The SMILES string of the molecule is Cc1cccc(C(=O)N(C)c2ccc3nc(C)[nH]c3c2)c1. The summed E-state index contributed by atoms with van der Waals surface area (Å²) in [7, 11) is 1.79. The van der Waals surface area contributed by atoms with Crippen LogP contribution in [0, 0.1) is 13.8 Å². The number of hydrogen-bond donors (Lipinski definition) is 1. The smallest absolute Gasteiger partial charge is 0.258 e. The van der Waals surface area contributed by atoms with Crippen molar-refractivity contribution in [3.8, 4) is 0 Å². The van der Waals surface area contributed by atoms with E-state index in [-0.39, 0.29) is 5.91 Å². The topological polar surface area (TPSA) is 49.0 Å². The summed E-state index contributed by atoms with van der Waals surface area (Å²) in [5.74, 6) is 0.851. The molecule has 21 heavy (non-hydrogen) atoms. The zero-order chi connectivity index (χ0) is 15.0. The van der Waals surface area contributed by atoms with Crippen molar-refractivity contribution in [2.45, 2.75) is 13.8 Å². The molecule has 0 aliphatic carbocycles. The van der Waals surface area contributed by atoms with Crippen molar-refractivity contribution in [3.05, 3.63) is 59.4 Å². The maximum atomic E-state index is 12.5. The largest absolute Gasteiger partial charge is 0.342 e. The van der Waals surface area contributed by atoms with Crippen molar-refractivity contribution < 1.29 is 4.79 Å². The Morgan fingerprint density at radius 1 is 1.14 bits per heavy atom. The first kappa shape index (κ1) is 13.4.